The zero-order valence-corrected chi connectivity index (χ0v) is 15.6. The van der Waals surface area contributed by atoms with Gasteiger partial charge in [-0.2, -0.15) is 0 Å². The fourth-order valence-corrected chi connectivity index (χ4v) is 3.11. The summed E-state index contributed by atoms with van der Waals surface area (Å²) in [5.41, 5.74) is 1.18. The van der Waals surface area contributed by atoms with Crippen LogP contribution >= 0.6 is 15.9 Å². The first-order chi connectivity index (χ1) is 9.97. The van der Waals surface area contributed by atoms with Crippen LogP contribution in [-0.4, -0.2) is 20.8 Å². The van der Waals surface area contributed by atoms with E-state index in [-0.39, 0.29) is 6.04 Å². The van der Waals surface area contributed by atoms with Gasteiger partial charge in [-0.1, -0.05) is 27.7 Å². The number of benzene rings is 1. The van der Waals surface area contributed by atoms with E-state index in [1.165, 1.54) is 5.56 Å². The van der Waals surface area contributed by atoms with Crippen LogP contribution in [0.2, 0.25) is 0 Å². The van der Waals surface area contributed by atoms with Gasteiger partial charge in [0.25, 0.3) is 0 Å². The van der Waals surface area contributed by atoms with Crippen molar-refractivity contribution in [1.82, 2.24) is 5.32 Å². The van der Waals surface area contributed by atoms with Crippen LogP contribution < -0.4 is 14.8 Å². The van der Waals surface area contributed by atoms with E-state index in [1.807, 2.05) is 6.07 Å². The van der Waals surface area contributed by atoms with Gasteiger partial charge in [0.05, 0.1) is 14.2 Å². The molecule has 0 saturated carbocycles. The molecule has 0 aromatic heterocycles. The number of nitrogens with one attached hydrogen (secondary N) is 1. The maximum atomic E-state index is 5.64. The Morgan fingerprint density at radius 3 is 2.29 bits per heavy atom. The highest BCUT2D eigenvalue weighted by molar-refractivity contribution is 9.10. The number of rotatable bonds is 8. The van der Waals surface area contributed by atoms with Crippen LogP contribution in [0.4, 0.5) is 0 Å². The van der Waals surface area contributed by atoms with Crippen molar-refractivity contribution in [1.29, 1.82) is 0 Å². The SMILES string of the molecule is CCCNC(c1ccc(OC)c(Br)c1OC)C(C)C(C)C. The topological polar surface area (TPSA) is 30.5 Å². The minimum atomic E-state index is 0.266. The average molecular weight is 358 g/mol. The summed E-state index contributed by atoms with van der Waals surface area (Å²) in [5.74, 6) is 2.74. The molecule has 2 unspecified atom stereocenters. The van der Waals surface area contributed by atoms with Crippen molar-refractivity contribution in [3.8, 4) is 11.5 Å². The molecule has 21 heavy (non-hydrogen) atoms. The van der Waals surface area contributed by atoms with Crippen LogP contribution in [0.3, 0.4) is 0 Å². The van der Waals surface area contributed by atoms with Gasteiger partial charge >= 0.3 is 0 Å². The third-order valence-electron chi connectivity index (χ3n) is 4.04. The lowest BCUT2D eigenvalue weighted by molar-refractivity contribution is 0.293. The lowest BCUT2D eigenvalue weighted by Crippen LogP contribution is -2.30. The number of methoxy groups -OCH3 is 2. The Hall–Kier alpha value is -0.740. The fourth-order valence-electron chi connectivity index (χ4n) is 2.43. The molecule has 2 atom stereocenters. The molecule has 0 aliphatic rings. The summed E-state index contributed by atoms with van der Waals surface area (Å²) in [6.45, 7) is 9.99. The average Bonchev–Trinajstić information content (AvgIpc) is 2.47. The highest BCUT2D eigenvalue weighted by atomic mass is 79.9. The summed E-state index contributed by atoms with van der Waals surface area (Å²) in [7, 11) is 3.38. The Balaban J connectivity index is 3.26. The molecule has 0 aliphatic heterocycles. The van der Waals surface area contributed by atoms with E-state index in [9.17, 15) is 0 Å². The molecule has 1 aromatic rings. The molecule has 0 saturated heterocycles. The van der Waals surface area contributed by atoms with Gasteiger partial charge in [-0.15, -0.1) is 0 Å². The molecule has 0 amide bonds. The van der Waals surface area contributed by atoms with E-state index in [1.54, 1.807) is 14.2 Å². The molecule has 0 spiro atoms. The van der Waals surface area contributed by atoms with Gasteiger partial charge < -0.3 is 14.8 Å². The summed E-state index contributed by atoms with van der Waals surface area (Å²) in [5, 5.41) is 3.66. The molecule has 120 valence electrons. The Labute approximate surface area is 137 Å². The first-order valence-electron chi connectivity index (χ1n) is 7.61. The minimum Gasteiger partial charge on any atom is -0.495 e. The molecule has 3 nitrogen and oxygen atoms in total. The largest absolute Gasteiger partial charge is 0.495 e. The Kier molecular flexibility index (Phi) is 7.53. The van der Waals surface area contributed by atoms with Crippen molar-refractivity contribution in [3.63, 3.8) is 0 Å². The van der Waals surface area contributed by atoms with Gasteiger partial charge in [0.2, 0.25) is 0 Å². The minimum absolute atomic E-state index is 0.266. The van der Waals surface area contributed by atoms with Crippen LogP contribution in [0.25, 0.3) is 0 Å². The highest BCUT2D eigenvalue weighted by Crippen LogP contribution is 2.42. The molecule has 1 rings (SSSR count). The van der Waals surface area contributed by atoms with E-state index >= 15 is 0 Å². The molecule has 0 bridgehead atoms. The van der Waals surface area contributed by atoms with Gasteiger partial charge in [-0.25, -0.2) is 0 Å². The zero-order valence-electron chi connectivity index (χ0n) is 14.0. The van der Waals surface area contributed by atoms with E-state index in [0.717, 1.165) is 28.9 Å². The molecule has 0 aliphatic carbocycles. The van der Waals surface area contributed by atoms with Crippen LogP contribution in [0, 0.1) is 11.8 Å². The summed E-state index contributed by atoms with van der Waals surface area (Å²) in [4.78, 5) is 0. The Morgan fingerprint density at radius 1 is 1.14 bits per heavy atom. The van der Waals surface area contributed by atoms with Crippen molar-refractivity contribution in [2.45, 2.75) is 40.2 Å². The number of hydrogen-bond acceptors (Lipinski definition) is 3. The molecule has 1 aromatic carbocycles. The molecule has 4 heteroatoms. The molecule has 0 fully saturated rings. The third kappa shape index (κ3) is 4.36. The van der Waals surface area contributed by atoms with Gasteiger partial charge in [-0.05, 0) is 52.9 Å². The summed E-state index contributed by atoms with van der Waals surface area (Å²) in [6.07, 6.45) is 1.11. The van der Waals surface area contributed by atoms with Gasteiger partial charge in [-0.3, -0.25) is 0 Å². The third-order valence-corrected chi connectivity index (χ3v) is 4.79. The normalized spacial score (nSPS) is 14.1. The predicted octanol–water partition coefficient (Wildman–Crippen LogP) is 4.80. The second-order valence-corrected chi connectivity index (χ2v) is 6.53. The first kappa shape index (κ1) is 18.3. The van der Waals surface area contributed by atoms with Crippen LogP contribution in [0.15, 0.2) is 16.6 Å². The summed E-state index contributed by atoms with van der Waals surface area (Å²) >= 11 is 3.60. The Morgan fingerprint density at radius 2 is 1.81 bits per heavy atom. The van der Waals surface area contributed by atoms with Crippen molar-refractivity contribution >= 4 is 15.9 Å². The van der Waals surface area contributed by atoms with Crippen molar-refractivity contribution in [2.75, 3.05) is 20.8 Å². The molecular formula is C17H28BrNO2. The van der Waals surface area contributed by atoms with E-state index in [4.69, 9.17) is 9.47 Å². The summed E-state index contributed by atoms with van der Waals surface area (Å²) in [6, 6.07) is 4.37. The van der Waals surface area contributed by atoms with Crippen molar-refractivity contribution in [2.24, 2.45) is 11.8 Å². The monoisotopic (exact) mass is 357 g/mol. The number of halogens is 1. The van der Waals surface area contributed by atoms with Crippen LogP contribution in [-0.2, 0) is 0 Å². The highest BCUT2D eigenvalue weighted by Gasteiger charge is 2.26. The predicted molar refractivity (Wildman–Crippen MR) is 92.3 cm³/mol. The Bertz CT molecular complexity index is 449. The van der Waals surface area contributed by atoms with E-state index < -0.39 is 0 Å². The van der Waals surface area contributed by atoms with E-state index in [0.29, 0.717) is 11.8 Å². The maximum absolute atomic E-state index is 5.64. The second kappa shape index (κ2) is 8.64. The zero-order chi connectivity index (χ0) is 16.0. The first-order valence-corrected chi connectivity index (χ1v) is 8.40. The number of ether oxygens (including phenoxy) is 2. The standard InChI is InChI=1S/C17H28BrNO2/c1-7-10-19-16(12(4)11(2)3)13-8-9-14(20-5)15(18)17(13)21-6/h8-9,11-12,16,19H,7,10H2,1-6H3. The molecular weight excluding hydrogens is 330 g/mol. The van der Waals surface area contributed by atoms with Crippen LogP contribution in [0.1, 0.15) is 45.7 Å². The van der Waals surface area contributed by atoms with E-state index in [2.05, 4.69) is 55.0 Å². The van der Waals surface area contributed by atoms with Gasteiger partial charge in [0.1, 0.15) is 16.0 Å². The van der Waals surface area contributed by atoms with Gasteiger partial charge in [0, 0.05) is 11.6 Å². The lowest BCUT2D eigenvalue weighted by atomic mass is 9.85. The molecule has 0 radical (unpaired) electrons. The molecule has 1 N–H and O–H groups in total. The molecule has 0 heterocycles. The maximum Gasteiger partial charge on any atom is 0.141 e. The quantitative estimate of drug-likeness (QED) is 0.724. The van der Waals surface area contributed by atoms with Gasteiger partial charge in [0.15, 0.2) is 0 Å². The lowest BCUT2D eigenvalue weighted by Gasteiger charge is -2.30. The van der Waals surface area contributed by atoms with Crippen molar-refractivity contribution in [3.05, 3.63) is 22.2 Å². The second-order valence-electron chi connectivity index (χ2n) is 5.74. The van der Waals surface area contributed by atoms with Crippen molar-refractivity contribution < 1.29 is 9.47 Å². The summed E-state index contributed by atoms with van der Waals surface area (Å²) < 4.78 is 11.9. The smallest absolute Gasteiger partial charge is 0.141 e. The number of hydrogen-bond donors (Lipinski definition) is 1. The van der Waals surface area contributed by atoms with Crippen LogP contribution in [0.5, 0.6) is 11.5 Å². The fraction of sp³-hybridized carbons (Fsp3) is 0.647.